The van der Waals surface area contributed by atoms with Gasteiger partial charge in [-0.15, -0.1) is 0 Å². The first-order valence-electron chi connectivity index (χ1n) is 9.59. The first-order chi connectivity index (χ1) is 14.2. The van der Waals surface area contributed by atoms with Crippen LogP contribution < -0.4 is 10.3 Å². The number of hydrogen-bond acceptors (Lipinski definition) is 5. The number of nitrogens with one attached hydrogen (secondary N) is 2. The largest absolute Gasteiger partial charge is 0.497 e. The molecule has 0 amide bonds. The van der Waals surface area contributed by atoms with Crippen LogP contribution in [0.2, 0.25) is 0 Å². The topological polar surface area (TPSA) is 86.9 Å². The van der Waals surface area contributed by atoms with Crippen molar-refractivity contribution < 1.29 is 4.74 Å². The molecular weight excluding hydrogens is 366 g/mol. The van der Waals surface area contributed by atoms with Crippen LogP contribution in [0.25, 0.3) is 10.9 Å². The Kier molecular flexibility index (Phi) is 4.37. The van der Waals surface area contributed by atoms with Crippen molar-refractivity contribution in [1.29, 1.82) is 0 Å². The van der Waals surface area contributed by atoms with Gasteiger partial charge in [0.1, 0.15) is 5.75 Å². The zero-order valence-corrected chi connectivity index (χ0v) is 16.1. The molecule has 0 fully saturated rings. The Hall–Kier alpha value is -3.45. The highest BCUT2D eigenvalue weighted by Gasteiger charge is 2.31. The normalized spacial score (nSPS) is 16.7. The van der Waals surface area contributed by atoms with Gasteiger partial charge in [-0.3, -0.25) is 14.7 Å². The molecule has 0 saturated heterocycles. The highest BCUT2D eigenvalue weighted by atomic mass is 16.5. The molecular formula is C22H21N5O2. The lowest BCUT2D eigenvalue weighted by molar-refractivity contribution is 0.199. The SMILES string of the molecule is COc1ccc2[nH]c(=O)c(CN3CCc4[nH]cnc4[C@@H]3c3ccncc3)cc2c1. The van der Waals surface area contributed by atoms with E-state index in [4.69, 9.17) is 4.74 Å². The average Bonchev–Trinajstić information content (AvgIpc) is 3.23. The monoisotopic (exact) mass is 387 g/mol. The van der Waals surface area contributed by atoms with E-state index in [1.165, 1.54) is 0 Å². The van der Waals surface area contributed by atoms with Gasteiger partial charge in [-0.25, -0.2) is 4.98 Å². The van der Waals surface area contributed by atoms with E-state index in [1.54, 1.807) is 25.8 Å². The Labute approximate surface area is 167 Å². The molecule has 1 atom stereocenters. The van der Waals surface area contributed by atoms with Crippen molar-refractivity contribution >= 4 is 10.9 Å². The van der Waals surface area contributed by atoms with Gasteiger partial charge in [-0.2, -0.15) is 0 Å². The van der Waals surface area contributed by atoms with Crippen molar-refractivity contribution in [2.24, 2.45) is 0 Å². The Morgan fingerprint density at radius 3 is 2.90 bits per heavy atom. The zero-order valence-electron chi connectivity index (χ0n) is 16.1. The van der Waals surface area contributed by atoms with Crippen LogP contribution in [0.4, 0.5) is 0 Å². The number of methoxy groups -OCH3 is 1. The molecule has 0 unspecified atom stereocenters. The molecule has 1 aromatic carbocycles. The maximum absolute atomic E-state index is 12.8. The molecule has 2 N–H and O–H groups in total. The van der Waals surface area contributed by atoms with Crippen molar-refractivity contribution in [3.8, 4) is 5.75 Å². The average molecular weight is 387 g/mol. The fraction of sp³-hybridized carbons (Fsp3) is 0.227. The van der Waals surface area contributed by atoms with Gasteiger partial charge < -0.3 is 14.7 Å². The summed E-state index contributed by atoms with van der Waals surface area (Å²) in [6.07, 6.45) is 6.21. The van der Waals surface area contributed by atoms with Crippen LogP contribution in [-0.2, 0) is 13.0 Å². The summed E-state index contributed by atoms with van der Waals surface area (Å²) >= 11 is 0. The Balaban J connectivity index is 1.55. The Morgan fingerprint density at radius 2 is 2.07 bits per heavy atom. The molecule has 1 aliphatic heterocycles. The molecule has 4 aromatic rings. The van der Waals surface area contributed by atoms with Crippen LogP contribution in [0.1, 0.15) is 28.6 Å². The van der Waals surface area contributed by atoms with E-state index in [1.807, 2.05) is 36.4 Å². The zero-order chi connectivity index (χ0) is 19.8. The smallest absolute Gasteiger partial charge is 0.252 e. The predicted molar refractivity (Wildman–Crippen MR) is 110 cm³/mol. The third-order valence-electron chi connectivity index (χ3n) is 5.55. The van der Waals surface area contributed by atoms with E-state index in [9.17, 15) is 4.79 Å². The van der Waals surface area contributed by atoms with Gasteiger partial charge in [0.25, 0.3) is 5.56 Å². The van der Waals surface area contributed by atoms with E-state index >= 15 is 0 Å². The number of nitrogens with zero attached hydrogens (tertiary/aromatic N) is 3. The van der Waals surface area contributed by atoms with Crippen molar-refractivity contribution in [3.63, 3.8) is 0 Å². The van der Waals surface area contributed by atoms with Crippen molar-refractivity contribution in [2.75, 3.05) is 13.7 Å². The quantitative estimate of drug-likeness (QED) is 0.562. The summed E-state index contributed by atoms with van der Waals surface area (Å²) in [6.45, 7) is 1.36. The summed E-state index contributed by atoms with van der Waals surface area (Å²) in [6, 6.07) is 11.6. The van der Waals surface area contributed by atoms with Gasteiger partial charge in [-0.1, -0.05) is 0 Å². The van der Waals surface area contributed by atoms with Crippen molar-refractivity contribution in [2.45, 2.75) is 19.0 Å². The van der Waals surface area contributed by atoms with E-state index in [0.29, 0.717) is 6.54 Å². The molecule has 3 aromatic heterocycles. The summed E-state index contributed by atoms with van der Waals surface area (Å²) in [5.41, 5.74) is 4.75. The van der Waals surface area contributed by atoms with Crippen LogP contribution >= 0.6 is 0 Å². The third kappa shape index (κ3) is 3.19. The Bertz CT molecular complexity index is 1210. The molecule has 5 rings (SSSR count). The van der Waals surface area contributed by atoms with Crippen LogP contribution in [0.15, 0.2) is 59.9 Å². The minimum absolute atomic E-state index is 0.0200. The summed E-state index contributed by atoms with van der Waals surface area (Å²) in [4.78, 5) is 30.0. The number of aromatic nitrogens is 4. The van der Waals surface area contributed by atoms with Gasteiger partial charge in [0.2, 0.25) is 0 Å². The van der Waals surface area contributed by atoms with Crippen molar-refractivity contribution in [1.82, 2.24) is 24.8 Å². The molecule has 7 nitrogen and oxygen atoms in total. The number of benzene rings is 1. The number of H-pyrrole nitrogens is 2. The first kappa shape index (κ1) is 17.6. The van der Waals surface area contributed by atoms with Crippen LogP contribution in [0.5, 0.6) is 5.75 Å². The highest BCUT2D eigenvalue weighted by Crippen LogP contribution is 2.34. The summed E-state index contributed by atoms with van der Waals surface area (Å²) in [7, 11) is 1.64. The lowest BCUT2D eigenvalue weighted by Crippen LogP contribution is -2.37. The fourth-order valence-corrected chi connectivity index (χ4v) is 4.10. The van der Waals surface area contributed by atoms with Gasteiger partial charge in [0.05, 0.1) is 25.2 Å². The molecule has 0 saturated carbocycles. The lowest BCUT2D eigenvalue weighted by atomic mass is 9.96. The Morgan fingerprint density at radius 1 is 1.21 bits per heavy atom. The predicted octanol–water partition coefficient (Wildman–Crippen LogP) is 2.80. The number of pyridine rings is 2. The maximum atomic E-state index is 12.8. The molecule has 0 bridgehead atoms. The van der Waals surface area contributed by atoms with E-state index in [-0.39, 0.29) is 11.6 Å². The molecule has 1 aliphatic rings. The molecule has 7 heteroatoms. The molecule has 0 aliphatic carbocycles. The second-order valence-electron chi connectivity index (χ2n) is 7.25. The minimum atomic E-state index is -0.0658. The number of fused-ring (bicyclic) bond motifs is 2. The minimum Gasteiger partial charge on any atom is -0.497 e. The molecule has 0 radical (unpaired) electrons. The maximum Gasteiger partial charge on any atom is 0.252 e. The molecule has 146 valence electrons. The summed E-state index contributed by atoms with van der Waals surface area (Å²) in [5, 5.41) is 0.955. The van der Waals surface area contributed by atoms with Crippen LogP contribution in [0.3, 0.4) is 0 Å². The second-order valence-corrected chi connectivity index (χ2v) is 7.25. The summed E-state index contributed by atoms with van der Waals surface area (Å²) in [5.74, 6) is 0.768. The number of ether oxygens (including phenoxy) is 1. The second kappa shape index (κ2) is 7.18. The van der Waals surface area contributed by atoms with E-state index in [0.717, 1.165) is 52.1 Å². The number of hydrogen-bond donors (Lipinski definition) is 2. The van der Waals surface area contributed by atoms with E-state index in [2.05, 4.69) is 24.8 Å². The standard InChI is InChI=1S/C22H21N5O2/c1-29-17-2-3-18-15(11-17)10-16(22(28)26-18)12-27-9-6-19-20(25-13-24-19)21(27)14-4-7-23-8-5-14/h2-5,7-8,10-11,13,21H,6,9,12H2,1H3,(H,24,25)(H,26,28)/t21-/m0/s1. The number of rotatable bonds is 4. The van der Waals surface area contributed by atoms with Crippen molar-refractivity contribution in [3.05, 3.63) is 88.0 Å². The molecule has 0 spiro atoms. The molecule has 4 heterocycles. The third-order valence-corrected chi connectivity index (χ3v) is 5.55. The van der Waals surface area contributed by atoms with Gasteiger partial charge in [-0.05, 0) is 42.0 Å². The number of aromatic amines is 2. The number of imidazole rings is 1. The summed E-state index contributed by atoms with van der Waals surface area (Å²) < 4.78 is 5.33. The van der Waals surface area contributed by atoms with Crippen LogP contribution in [-0.4, -0.2) is 38.5 Å². The highest BCUT2D eigenvalue weighted by molar-refractivity contribution is 5.80. The van der Waals surface area contributed by atoms with Gasteiger partial charge >= 0.3 is 0 Å². The lowest BCUT2D eigenvalue weighted by Gasteiger charge is -2.35. The first-order valence-corrected chi connectivity index (χ1v) is 9.59. The van der Waals surface area contributed by atoms with Crippen LogP contribution in [0, 0.1) is 0 Å². The van der Waals surface area contributed by atoms with E-state index < -0.39 is 0 Å². The fourth-order valence-electron chi connectivity index (χ4n) is 4.10. The van der Waals surface area contributed by atoms with Gasteiger partial charge in [0, 0.05) is 54.1 Å². The molecule has 29 heavy (non-hydrogen) atoms. The van der Waals surface area contributed by atoms with Gasteiger partial charge in [0.15, 0.2) is 0 Å².